The Balaban J connectivity index is 2.38. The van der Waals surface area contributed by atoms with Crippen LogP contribution in [0.15, 0.2) is 41.4 Å². The molecule has 0 spiro atoms. The van der Waals surface area contributed by atoms with Crippen molar-refractivity contribution < 1.29 is 0 Å². The summed E-state index contributed by atoms with van der Waals surface area (Å²) in [5, 5.41) is 0. The van der Waals surface area contributed by atoms with Crippen molar-refractivity contribution in [3.63, 3.8) is 0 Å². The quantitative estimate of drug-likeness (QED) is 0.640. The highest BCUT2D eigenvalue weighted by Gasteiger charge is 1.86. The van der Waals surface area contributed by atoms with E-state index in [1.165, 1.54) is 5.56 Å². The Kier molecular flexibility index (Phi) is 4.70. The molecule has 0 heterocycles. The lowest BCUT2D eigenvalue weighted by Gasteiger charge is -1.94. The van der Waals surface area contributed by atoms with E-state index >= 15 is 0 Å². The lowest BCUT2D eigenvalue weighted by atomic mass is 10.2. The topological polar surface area (TPSA) is 12.4 Å². The Morgan fingerprint density at radius 3 is 2.57 bits per heavy atom. The lowest BCUT2D eigenvalue weighted by molar-refractivity contribution is 0.667. The van der Waals surface area contributed by atoms with Crippen LogP contribution >= 0.6 is 0 Å². The molecule has 1 rings (SSSR count). The maximum atomic E-state index is 4.27. The van der Waals surface area contributed by atoms with Crippen LogP contribution in [0.25, 0.3) is 6.08 Å². The van der Waals surface area contributed by atoms with Gasteiger partial charge < -0.3 is 0 Å². The predicted molar refractivity (Wildman–Crippen MR) is 63.7 cm³/mol. The Morgan fingerprint density at radius 1 is 1.21 bits per heavy atom. The number of benzene rings is 1. The van der Waals surface area contributed by atoms with Gasteiger partial charge in [0, 0.05) is 12.8 Å². The average Bonchev–Trinajstić information content (AvgIpc) is 2.18. The van der Waals surface area contributed by atoms with Crippen LogP contribution in [-0.2, 0) is 0 Å². The number of nitrogens with zero attached hydrogens (tertiary/aromatic N) is 1. The van der Waals surface area contributed by atoms with Crippen molar-refractivity contribution in [2.24, 2.45) is 10.9 Å². The van der Waals surface area contributed by atoms with E-state index in [2.05, 4.69) is 37.0 Å². The number of aliphatic imine (C=N–C) groups is 1. The van der Waals surface area contributed by atoms with Gasteiger partial charge >= 0.3 is 0 Å². The molecule has 14 heavy (non-hydrogen) atoms. The number of hydrogen-bond acceptors (Lipinski definition) is 1. The van der Waals surface area contributed by atoms with Crippen molar-refractivity contribution in [2.75, 3.05) is 6.54 Å². The fraction of sp³-hybridized carbons (Fsp3) is 0.308. The monoisotopic (exact) mass is 187 g/mol. The first-order valence-electron chi connectivity index (χ1n) is 5.00. The Hall–Kier alpha value is -1.37. The van der Waals surface area contributed by atoms with Crippen LogP contribution in [0.5, 0.6) is 0 Å². The maximum absolute atomic E-state index is 4.27. The molecule has 1 aromatic carbocycles. The third-order valence-corrected chi connectivity index (χ3v) is 1.75. The molecule has 0 saturated heterocycles. The minimum Gasteiger partial charge on any atom is -0.293 e. The standard InChI is InChI=1S/C13H17N/c1-12(2)11-14-10-6-9-13-7-4-3-5-8-13/h3-10,12H,11H2,1-2H3. The van der Waals surface area contributed by atoms with Crippen molar-refractivity contribution in [2.45, 2.75) is 13.8 Å². The molecule has 0 saturated carbocycles. The van der Waals surface area contributed by atoms with Gasteiger partial charge in [0.05, 0.1) is 0 Å². The van der Waals surface area contributed by atoms with E-state index in [0.717, 1.165) is 6.54 Å². The summed E-state index contributed by atoms with van der Waals surface area (Å²) < 4.78 is 0. The van der Waals surface area contributed by atoms with E-state index in [1.54, 1.807) is 0 Å². The Bertz CT molecular complexity index is 296. The van der Waals surface area contributed by atoms with Gasteiger partial charge in [0.25, 0.3) is 0 Å². The normalized spacial score (nSPS) is 11.9. The maximum Gasteiger partial charge on any atom is 0.0412 e. The summed E-state index contributed by atoms with van der Waals surface area (Å²) in [5.41, 5.74) is 1.21. The molecule has 0 radical (unpaired) electrons. The second kappa shape index (κ2) is 6.14. The first-order chi connectivity index (χ1) is 6.79. The zero-order valence-electron chi connectivity index (χ0n) is 8.85. The molecule has 0 N–H and O–H groups in total. The van der Waals surface area contributed by atoms with Crippen LogP contribution in [0.2, 0.25) is 0 Å². The fourth-order valence-corrected chi connectivity index (χ4v) is 1.05. The highest BCUT2D eigenvalue weighted by Crippen LogP contribution is 1.99. The van der Waals surface area contributed by atoms with Gasteiger partial charge in [-0.3, -0.25) is 4.99 Å². The molecule has 74 valence electrons. The van der Waals surface area contributed by atoms with E-state index in [4.69, 9.17) is 0 Å². The van der Waals surface area contributed by atoms with Crippen LogP contribution in [0.1, 0.15) is 19.4 Å². The third kappa shape index (κ3) is 4.61. The van der Waals surface area contributed by atoms with Gasteiger partial charge in [-0.1, -0.05) is 50.3 Å². The molecular formula is C13H17N. The van der Waals surface area contributed by atoms with Gasteiger partial charge in [-0.15, -0.1) is 0 Å². The summed E-state index contributed by atoms with van der Waals surface area (Å²) in [6, 6.07) is 10.2. The van der Waals surface area contributed by atoms with Gasteiger partial charge in [-0.05, 0) is 17.6 Å². The van der Waals surface area contributed by atoms with E-state index < -0.39 is 0 Å². The van der Waals surface area contributed by atoms with Gasteiger partial charge in [0.15, 0.2) is 0 Å². The first kappa shape index (κ1) is 10.7. The molecule has 0 unspecified atom stereocenters. The SMILES string of the molecule is CC(C)CN=CC=Cc1ccccc1. The van der Waals surface area contributed by atoms with Crippen molar-refractivity contribution in [3.05, 3.63) is 42.0 Å². The molecule has 0 amide bonds. The molecule has 1 heteroatoms. The van der Waals surface area contributed by atoms with Crippen LogP contribution in [0, 0.1) is 5.92 Å². The van der Waals surface area contributed by atoms with E-state index in [1.807, 2.05) is 30.5 Å². The number of rotatable bonds is 4. The lowest BCUT2D eigenvalue weighted by Crippen LogP contribution is -1.90. The Labute approximate surface area is 86.2 Å². The average molecular weight is 187 g/mol. The summed E-state index contributed by atoms with van der Waals surface area (Å²) in [6.45, 7) is 5.23. The van der Waals surface area contributed by atoms with Crippen molar-refractivity contribution in [1.29, 1.82) is 0 Å². The molecule has 0 aromatic heterocycles. The van der Waals surface area contributed by atoms with Gasteiger partial charge in [0.1, 0.15) is 0 Å². The van der Waals surface area contributed by atoms with E-state index in [-0.39, 0.29) is 0 Å². The summed E-state index contributed by atoms with van der Waals surface area (Å²) in [5.74, 6) is 0.636. The summed E-state index contributed by atoms with van der Waals surface area (Å²) in [6.07, 6.45) is 5.91. The van der Waals surface area contributed by atoms with Crippen LogP contribution < -0.4 is 0 Å². The predicted octanol–water partition coefficient (Wildman–Crippen LogP) is 3.43. The summed E-state index contributed by atoms with van der Waals surface area (Å²) in [4.78, 5) is 4.27. The smallest absolute Gasteiger partial charge is 0.0412 e. The van der Waals surface area contributed by atoms with Crippen LogP contribution in [0.4, 0.5) is 0 Å². The zero-order chi connectivity index (χ0) is 10.2. The first-order valence-corrected chi connectivity index (χ1v) is 5.00. The number of allylic oxidation sites excluding steroid dienone is 1. The second-order valence-corrected chi connectivity index (χ2v) is 3.68. The van der Waals surface area contributed by atoms with Gasteiger partial charge in [-0.2, -0.15) is 0 Å². The van der Waals surface area contributed by atoms with Crippen LogP contribution in [-0.4, -0.2) is 12.8 Å². The molecule has 0 atom stereocenters. The summed E-state index contributed by atoms with van der Waals surface area (Å²) >= 11 is 0. The van der Waals surface area contributed by atoms with Crippen LogP contribution in [0.3, 0.4) is 0 Å². The highest BCUT2D eigenvalue weighted by atomic mass is 14.7. The molecule has 0 fully saturated rings. The second-order valence-electron chi connectivity index (χ2n) is 3.68. The molecule has 0 bridgehead atoms. The Morgan fingerprint density at radius 2 is 1.93 bits per heavy atom. The van der Waals surface area contributed by atoms with Crippen molar-refractivity contribution >= 4 is 12.3 Å². The molecule has 1 aromatic rings. The molecule has 1 nitrogen and oxygen atoms in total. The van der Waals surface area contributed by atoms with Crippen molar-refractivity contribution in [1.82, 2.24) is 0 Å². The third-order valence-electron chi connectivity index (χ3n) is 1.75. The fourth-order valence-electron chi connectivity index (χ4n) is 1.05. The molecule has 0 aliphatic carbocycles. The minimum absolute atomic E-state index is 0.636. The molecule has 0 aliphatic rings. The largest absolute Gasteiger partial charge is 0.293 e. The molecule has 0 aliphatic heterocycles. The van der Waals surface area contributed by atoms with Gasteiger partial charge in [-0.25, -0.2) is 0 Å². The number of hydrogen-bond donors (Lipinski definition) is 0. The van der Waals surface area contributed by atoms with E-state index in [9.17, 15) is 0 Å². The zero-order valence-corrected chi connectivity index (χ0v) is 8.85. The van der Waals surface area contributed by atoms with E-state index in [0.29, 0.717) is 5.92 Å². The van der Waals surface area contributed by atoms with Crippen molar-refractivity contribution in [3.8, 4) is 0 Å². The summed E-state index contributed by atoms with van der Waals surface area (Å²) in [7, 11) is 0. The van der Waals surface area contributed by atoms with Gasteiger partial charge in [0.2, 0.25) is 0 Å². The molecular weight excluding hydrogens is 170 g/mol. The minimum atomic E-state index is 0.636. The highest BCUT2D eigenvalue weighted by molar-refractivity contribution is 5.78.